The summed E-state index contributed by atoms with van der Waals surface area (Å²) in [6.45, 7) is 0. The van der Waals surface area contributed by atoms with Crippen molar-refractivity contribution in [2.24, 2.45) is 7.05 Å². The Labute approximate surface area is 140 Å². The van der Waals surface area contributed by atoms with Gasteiger partial charge in [0.05, 0.1) is 18.4 Å². The zero-order chi connectivity index (χ0) is 15.5. The van der Waals surface area contributed by atoms with Crippen molar-refractivity contribution in [3.8, 4) is 17.1 Å². The predicted molar refractivity (Wildman–Crippen MR) is 87.8 cm³/mol. The average Bonchev–Trinajstić information content (AvgIpc) is 3.12. The molecule has 6 nitrogen and oxygen atoms in total. The number of aromatic nitrogens is 4. The van der Waals surface area contributed by atoms with E-state index < -0.39 is 0 Å². The lowest BCUT2D eigenvalue weighted by molar-refractivity contribution is 0.390. The molecule has 0 N–H and O–H groups in total. The fraction of sp³-hybridized carbons (Fsp3) is 0.231. The summed E-state index contributed by atoms with van der Waals surface area (Å²) in [5.74, 6) is 2.31. The molecule has 0 aliphatic carbocycles. The number of aryl methyl sites for hydroxylation is 1. The van der Waals surface area contributed by atoms with Crippen LogP contribution in [0.5, 0.6) is 5.75 Å². The van der Waals surface area contributed by atoms with Gasteiger partial charge in [0.15, 0.2) is 8.29 Å². The highest BCUT2D eigenvalue weighted by molar-refractivity contribution is 8.00. The Hall–Kier alpha value is -1.71. The highest BCUT2D eigenvalue weighted by atomic mass is 32.2. The fourth-order valence-electron chi connectivity index (χ4n) is 1.76. The molecule has 0 unspecified atom stereocenters. The molecular weight excluding hydrogens is 340 g/mol. The third-order valence-electron chi connectivity index (χ3n) is 2.81. The van der Waals surface area contributed by atoms with Gasteiger partial charge < -0.3 is 9.26 Å². The molecule has 0 aliphatic rings. The topological polar surface area (TPSA) is 66.0 Å². The number of hydrogen-bond donors (Lipinski definition) is 0. The molecule has 22 heavy (non-hydrogen) atoms. The van der Waals surface area contributed by atoms with E-state index in [1.54, 1.807) is 11.8 Å². The van der Waals surface area contributed by atoms with Crippen molar-refractivity contribution in [3.05, 3.63) is 34.1 Å². The molecule has 0 spiro atoms. The van der Waals surface area contributed by atoms with E-state index in [2.05, 4.69) is 15.2 Å². The molecule has 0 atom stereocenters. The Morgan fingerprint density at radius 2 is 2.23 bits per heavy atom. The van der Waals surface area contributed by atoms with Crippen LogP contribution in [0.1, 0.15) is 5.89 Å². The van der Waals surface area contributed by atoms with Gasteiger partial charge in [0.2, 0.25) is 11.7 Å². The van der Waals surface area contributed by atoms with Gasteiger partial charge >= 0.3 is 0 Å². The van der Waals surface area contributed by atoms with Gasteiger partial charge in [-0.3, -0.25) is 0 Å². The highest BCUT2D eigenvalue weighted by Crippen LogP contribution is 2.29. The van der Waals surface area contributed by atoms with Crippen molar-refractivity contribution in [2.75, 3.05) is 7.11 Å². The van der Waals surface area contributed by atoms with Crippen LogP contribution in [0.4, 0.5) is 0 Å². The molecule has 0 amide bonds. The van der Waals surface area contributed by atoms with E-state index in [0.717, 1.165) is 13.9 Å². The molecule has 0 radical (unpaired) electrons. The number of nitrogens with zero attached hydrogens (tertiary/aromatic N) is 4. The van der Waals surface area contributed by atoms with Crippen molar-refractivity contribution in [1.82, 2.24) is 19.9 Å². The summed E-state index contributed by atoms with van der Waals surface area (Å²) >= 11 is 8.12. The zero-order valence-electron chi connectivity index (χ0n) is 11.8. The summed E-state index contributed by atoms with van der Waals surface area (Å²) < 4.78 is 13.9. The van der Waals surface area contributed by atoms with E-state index in [9.17, 15) is 0 Å². The van der Waals surface area contributed by atoms with Crippen LogP contribution >= 0.6 is 35.3 Å². The predicted octanol–water partition coefficient (Wildman–Crippen LogP) is 3.56. The van der Waals surface area contributed by atoms with Crippen LogP contribution in [0.25, 0.3) is 11.4 Å². The summed E-state index contributed by atoms with van der Waals surface area (Å²) in [5, 5.41) is 8.31. The standard InChI is InChI=1S/C13H12N4O2S3/c1-17-13(20)22-12(15-17)21-7-10-14-11(16-19-10)8-5-3-4-6-9(8)18-2/h3-6H,7H2,1-2H3. The maximum Gasteiger partial charge on any atom is 0.237 e. The first kappa shape index (κ1) is 15.2. The monoisotopic (exact) mass is 352 g/mol. The lowest BCUT2D eigenvalue weighted by Crippen LogP contribution is -1.90. The molecule has 2 heterocycles. The number of para-hydroxylation sites is 1. The molecule has 0 saturated heterocycles. The van der Waals surface area contributed by atoms with E-state index in [1.165, 1.54) is 23.1 Å². The third kappa shape index (κ3) is 3.21. The SMILES string of the molecule is COc1ccccc1-c1noc(CSc2nn(C)c(=S)s2)n1. The van der Waals surface area contributed by atoms with E-state index in [-0.39, 0.29) is 0 Å². The molecule has 0 saturated carbocycles. The number of hydrogen-bond acceptors (Lipinski definition) is 8. The average molecular weight is 352 g/mol. The van der Waals surface area contributed by atoms with Crippen molar-refractivity contribution >= 4 is 35.3 Å². The van der Waals surface area contributed by atoms with E-state index in [1.807, 2.05) is 31.3 Å². The lowest BCUT2D eigenvalue weighted by Gasteiger charge is -2.02. The van der Waals surface area contributed by atoms with Gasteiger partial charge in [0, 0.05) is 7.05 Å². The molecule has 3 aromatic rings. The van der Waals surface area contributed by atoms with E-state index in [0.29, 0.717) is 23.2 Å². The van der Waals surface area contributed by atoms with Crippen molar-refractivity contribution in [2.45, 2.75) is 10.1 Å². The molecule has 0 bridgehead atoms. The van der Waals surface area contributed by atoms with Crippen LogP contribution in [0.15, 0.2) is 33.1 Å². The smallest absolute Gasteiger partial charge is 0.237 e. The largest absolute Gasteiger partial charge is 0.496 e. The second-order valence-corrected chi connectivity index (χ2v) is 7.10. The Kier molecular flexibility index (Phi) is 4.55. The van der Waals surface area contributed by atoms with Crippen LogP contribution in [-0.2, 0) is 12.8 Å². The lowest BCUT2D eigenvalue weighted by atomic mass is 10.2. The summed E-state index contributed by atoms with van der Waals surface area (Å²) in [5.41, 5.74) is 0.804. The molecule has 2 aromatic heterocycles. The first-order chi connectivity index (χ1) is 10.7. The number of methoxy groups -OCH3 is 1. The molecule has 3 rings (SSSR count). The normalized spacial score (nSPS) is 10.8. The zero-order valence-corrected chi connectivity index (χ0v) is 14.3. The maximum atomic E-state index is 5.30. The summed E-state index contributed by atoms with van der Waals surface area (Å²) in [4.78, 5) is 4.40. The molecule has 0 aliphatic heterocycles. The number of thioether (sulfide) groups is 1. The number of benzene rings is 1. The van der Waals surface area contributed by atoms with Gasteiger partial charge in [-0.15, -0.1) is 0 Å². The van der Waals surface area contributed by atoms with Crippen molar-refractivity contribution in [1.29, 1.82) is 0 Å². The van der Waals surface area contributed by atoms with Crippen LogP contribution in [0.3, 0.4) is 0 Å². The summed E-state index contributed by atoms with van der Waals surface area (Å²) in [6, 6.07) is 7.56. The van der Waals surface area contributed by atoms with Gasteiger partial charge in [-0.05, 0) is 24.4 Å². The Morgan fingerprint density at radius 3 is 2.95 bits per heavy atom. The third-order valence-corrected chi connectivity index (χ3v) is 5.34. The summed E-state index contributed by atoms with van der Waals surface area (Å²) in [7, 11) is 3.44. The van der Waals surface area contributed by atoms with Gasteiger partial charge in [0.1, 0.15) is 5.75 Å². The minimum atomic E-state index is 0.515. The maximum absolute atomic E-state index is 5.30. The number of rotatable bonds is 5. The van der Waals surface area contributed by atoms with E-state index in [4.69, 9.17) is 21.5 Å². The Bertz CT molecular complexity index is 840. The Morgan fingerprint density at radius 1 is 1.41 bits per heavy atom. The molecule has 0 fully saturated rings. The first-order valence-corrected chi connectivity index (χ1v) is 8.51. The van der Waals surface area contributed by atoms with Gasteiger partial charge in [-0.25, -0.2) is 4.68 Å². The van der Waals surface area contributed by atoms with Gasteiger partial charge in [-0.1, -0.05) is 40.4 Å². The van der Waals surface area contributed by atoms with Crippen LogP contribution < -0.4 is 4.74 Å². The summed E-state index contributed by atoms with van der Waals surface area (Å²) in [6.07, 6.45) is 0. The minimum absolute atomic E-state index is 0.515. The van der Waals surface area contributed by atoms with Crippen LogP contribution in [0, 0.1) is 3.95 Å². The first-order valence-electron chi connectivity index (χ1n) is 6.30. The van der Waals surface area contributed by atoms with Crippen LogP contribution in [0.2, 0.25) is 0 Å². The minimum Gasteiger partial charge on any atom is -0.496 e. The van der Waals surface area contributed by atoms with Crippen LogP contribution in [-0.4, -0.2) is 27.0 Å². The second kappa shape index (κ2) is 6.59. The highest BCUT2D eigenvalue weighted by Gasteiger charge is 2.13. The molecule has 1 aromatic carbocycles. The number of ether oxygens (including phenoxy) is 1. The molecule has 114 valence electrons. The van der Waals surface area contributed by atoms with Crippen molar-refractivity contribution < 1.29 is 9.26 Å². The Balaban J connectivity index is 1.75. The second-order valence-electron chi connectivity index (χ2n) is 4.26. The molecule has 9 heteroatoms. The fourth-order valence-corrected chi connectivity index (χ4v) is 3.87. The van der Waals surface area contributed by atoms with Gasteiger partial charge in [0.25, 0.3) is 0 Å². The van der Waals surface area contributed by atoms with Crippen molar-refractivity contribution in [3.63, 3.8) is 0 Å². The quantitative estimate of drug-likeness (QED) is 0.514. The molecular formula is C13H12N4O2S3. The van der Waals surface area contributed by atoms with E-state index >= 15 is 0 Å². The van der Waals surface area contributed by atoms with Gasteiger partial charge in [-0.2, -0.15) is 10.1 Å².